The Morgan fingerprint density at radius 2 is 1.53 bits per heavy atom. The molecule has 3 aromatic rings. The van der Waals surface area contributed by atoms with Crippen LogP contribution in [0.4, 0.5) is 26.3 Å². The van der Waals surface area contributed by atoms with Crippen molar-refractivity contribution < 1.29 is 110 Å². The maximum absolute atomic E-state index is 13.2. The molecule has 1 unspecified atom stereocenters. The zero-order valence-corrected chi connectivity index (χ0v) is 24.2. The Bertz CT molecular complexity index is 1180. The van der Waals surface area contributed by atoms with E-state index < -0.39 is 59.3 Å². The molecule has 0 spiro atoms. The number of nitrogens with one attached hydrogen (secondary N) is 2. The van der Waals surface area contributed by atoms with Crippen molar-refractivity contribution in [2.75, 3.05) is 0 Å². The van der Waals surface area contributed by atoms with Gasteiger partial charge in [-0.25, -0.2) is 0 Å². The minimum Gasteiger partial charge on any atom is -0.548 e. The van der Waals surface area contributed by atoms with E-state index in [9.17, 15) is 41.0 Å². The van der Waals surface area contributed by atoms with Crippen LogP contribution in [0.3, 0.4) is 0 Å². The molecule has 3 rings (SSSR count). The van der Waals surface area contributed by atoms with Crippen LogP contribution in [-0.4, -0.2) is 27.6 Å². The van der Waals surface area contributed by atoms with Gasteiger partial charge >= 0.3 is 81.2 Å². The Morgan fingerprint density at radius 3 is 2.03 bits per heavy atom. The Morgan fingerprint density at radius 1 is 0.971 bits per heavy atom. The number of benzene rings is 2. The third-order valence-electron chi connectivity index (χ3n) is 4.98. The maximum Gasteiger partial charge on any atom is 1.00 e. The molecule has 1 heterocycles. The predicted octanol–water partition coefficient (Wildman–Crippen LogP) is 0.0145. The molecular formula is C21H16CsF6N3O3. The summed E-state index contributed by atoms with van der Waals surface area (Å²) in [4.78, 5) is 24.0. The number of carboxylic acids is 1. The molecule has 1 atom stereocenters. The summed E-state index contributed by atoms with van der Waals surface area (Å²) in [6, 6.07) is 7.26. The van der Waals surface area contributed by atoms with Crippen LogP contribution in [0, 0.1) is 0 Å². The van der Waals surface area contributed by atoms with Gasteiger partial charge in [-0.1, -0.05) is 18.2 Å². The van der Waals surface area contributed by atoms with Crippen LogP contribution in [0.2, 0.25) is 0 Å². The van der Waals surface area contributed by atoms with Crippen molar-refractivity contribution in [2.45, 2.75) is 37.7 Å². The number of aromatic amines is 1. The second kappa shape index (κ2) is 10.6. The van der Waals surface area contributed by atoms with E-state index in [2.05, 4.69) is 15.5 Å². The maximum atomic E-state index is 13.2. The Kier molecular flexibility index (Phi) is 8.97. The summed E-state index contributed by atoms with van der Waals surface area (Å²) in [5, 5.41) is 21.4. The first kappa shape index (κ1) is 28.7. The molecule has 1 aromatic heterocycles. The van der Waals surface area contributed by atoms with Crippen molar-refractivity contribution in [3.8, 4) is 0 Å². The summed E-state index contributed by atoms with van der Waals surface area (Å²) >= 11 is 0. The number of carbonyl (C=O) groups is 2. The van der Waals surface area contributed by atoms with Crippen LogP contribution in [0.15, 0.2) is 42.5 Å². The quantitative estimate of drug-likeness (QED) is 0.388. The molecule has 0 radical (unpaired) electrons. The number of carboxylic acid groups (broad SMARTS) is 1. The Labute approximate surface area is 247 Å². The SMILES string of the molecule is CC(=O)NC(Cc1cc(C(F)(F)F)cc(C(F)(F)F)c1)(Cc1[nH]nc2ccccc12)C(=O)[O-].[Cs+]. The summed E-state index contributed by atoms with van der Waals surface area (Å²) in [5.41, 5.74) is -5.52. The van der Waals surface area contributed by atoms with Crippen molar-refractivity contribution in [1.82, 2.24) is 15.5 Å². The summed E-state index contributed by atoms with van der Waals surface area (Å²) in [6.45, 7) is 0.968. The average Bonchev–Trinajstić information content (AvgIpc) is 3.08. The largest absolute Gasteiger partial charge is 1.00 e. The number of halogens is 6. The molecule has 0 saturated carbocycles. The molecule has 2 aromatic carbocycles. The summed E-state index contributed by atoms with van der Waals surface area (Å²) in [5.74, 6) is -2.76. The Hall–Kier alpha value is -1.52. The van der Waals surface area contributed by atoms with Gasteiger partial charge in [-0.05, 0) is 29.8 Å². The summed E-state index contributed by atoms with van der Waals surface area (Å²) in [6.07, 6.45) is -11.7. The van der Waals surface area contributed by atoms with Gasteiger partial charge in [0.25, 0.3) is 0 Å². The third kappa shape index (κ3) is 6.57. The molecule has 34 heavy (non-hydrogen) atoms. The normalized spacial score (nSPS) is 13.7. The van der Waals surface area contributed by atoms with Crippen LogP contribution < -0.4 is 79.3 Å². The van der Waals surface area contributed by atoms with Gasteiger partial charge in [-0.3, -0.25) is 9.89 Å². The van der Waals surface area contributed by atoms with E-state index in [-0.39, 0.29) is 80.7 Å². The van der Waals surface area contributed by atoms with Crippen LogP contribution in [0.5, 0.6) is 0 Å². The monoisotopic (exact) mass is 605 g/mol. The van der Waals surface area contributed by atoms with Crippen molar-refractivity contribution in [3.05, 3.63) is 64.8 Å². The fourth-order valence-corrected chi connectivity index (χ4v) is 3.60. The first-order valence-electron chi connectivity index (χ1n) is 9.42. The van der Waals surface area contributed by atoms with Crippen molar-refractivity contribution >= 4 is 22.8 Å². The van der Waals surface area contributed by atoms with Gasteiger partial charge in [-0.15, -0.1) is 0 Å². The van der Waals surface area contributed by atoms with Gasteiger partial charge in [0, 0.05) is 30.8 Å². The number of alkyl halides is 6. The molecule has 0 aliphatic carbocycles. The van der Waals surface area contributed by atoms with Gasteiger partial charge in [0.1, 0.15) is 0 Å². The van der Waals surface area contributed by atoms with E-state index in [0.717, 1.165) is 6.92 Å². The number of amides is 1. The third-order valence-corrected chi connectivity index (χ3v) is 4.98. The first-order valence-corrected chi connectivity index (χ1v) is 9.42. The molecule has 2 N–H and O–H groups in total. The summed E-state index contributed by atoms with van der Waals surface area (Å²) < 4.78 is 79.4. The number of rotatable bonds is 6. The minimum absolute atomic E-state index is 0. The molecule has 6 nitrogen and oxygen atoms in total. The summed E-state index contributed by atoms with van der Waals surface area (Å²) in [7, 11) is 0. The van der Waals surface area contributed by atoms with Crippen LogP contribution in [0.25, 0.3) is 10.9 Å². The Balaban J connectivity index is 0.00000408. The predicted molar refractivity (Wildman–Crippen MR) is 102 cm³/mol. The van der Waals surface area contributed by atoms with E-state index in [0.29, 0.717) is 23.0 Å². The molecule has 0 fully saturated rings. The second-order valence-corrected chi connectivity index (χ2v) is 7.54. The first-order chi connectivity index (χ1) is 15.2. The van der Waals surface area contributed by atoms with E-state index in [4.69, 9.17) is 0 Å². The molecule has 0 bridgehead atoms. The second-order valence-electron chi connectivity index (χ2n) is 7.54. The van der Waals surface area contributed by atoms with Crippen molar-refractivity contribution in [1.29, 1.82) is 0 Å². The molecule has 13 heteroatoms. The molecule has 1 amide bonds. The number of H-pyrrole nitrogens is 1. The molecule has 0 aliphatic heterocycles. The van der Waals surface area contributed by atoms with Crippen LogP contribution in [0.1, 0.15) is 29.3 Å². The van der Waals surface area contributed by atoms with Gasteiger partial charge in [0.15, 0.2) is 0 Å². The van der Waals surface area contributed by atoms with Gasteiger partial charge in [0.05, 0.1) is 28.2 Å². The topological polar surface area (TPSA) is 97.9 Å². The van der Waals surface area contributed by atoms with E-state index in [1.165, 1.54) is 0 Å². The fraction of sp³-hybridized carbons (Fsp3) is 0.286. The number of aliphatic carboxylic acids is 1. The number of para-hydroxylation sites is 1. The van der Waals surface area contributed by atoms with Crippen LogP contribution in [-0.2, 0) is 34.8 Å². The van der Waals surface area contributed by atoms with Gasteiger partial charge < -0.3 is 15.2 Å². The number of hydrogen-bond donors (Lipinski definition) is 2. The van der Waals surface area contributed by atoms with Gasteiger partial charge in [0.2, 0.25) is 5.91 Å². The molecule has 0 saturated heterocycles. The fourth-order valence-electron chi connectivity index (χ4n) is 3.60. The van der Waals surface area contributed by atoms with Crippen LogP contribution >= 0.6 is 0 Å². The average molecular weight is 605 g/mol. The molecule has 0 aliphatic rings. The van der Waals surface area contributed by atoms with E-state index >= 15 is 0 Å². The van der Waals surface area contributed by atoms with Gasteiger partial charge in [-0.2, -0.15) is 31.4 Å². The number of aromatic nitrogens is 2. The zero-order chi connectivity index (χ0) is 24.6. The number of carbonyl (C=O) groups excluding carboxylic acids is 2. The van der Waals surface area contributed by atoms with E-state index in [1.54, 1.807) is 24.3 Å². The standard InChI is InChI=1S/C21H17F6N3O3.Cs/c1-11(31)28-19(18(32)33,10-17-15-4-2-3-5-16(15)29-30-17)9-12-6-13(20(22,23)24)8-14(7-12)21(25,26)27;/h2-8H,9-10H2,1H3,(H,28,31)(H,29,30)(H,32,33);/q;+1/p-1. The van der Waals surface area contributed by atoms with E-state index in [1.807, 2.05) is 0 Å². The minimum atomic E-state index is -5.12. The number of nitrogens with zero attached hydrogens (tertiary/aromatic N) is 1. The number of hydrogen-bond acceptors (Lipinski definition) is 4. The molecular weight excluding hydrogens is 589 g/mol. The molecule has 176 valence electrons. The van der Waals surface area contributed by atoms with Crippen molar-refractivity contribution in [2.24, 2.45) is 0 Å². The smallest absolute Gasteiger partial charge is 0.548 e. The number of fused-ring (bicyclic) bond motifs is 1. The zero-order valence-electron chi connectivity index (χ0n) is 17.9. The van der Waals surface area contributed by atoms with Crippen molar-refractivity contribution in [3.63, 3.8) is 0 Å².